The van der Waals surface area contributed by atoms with E-state index in [0.717, 1.165) is 11.3 Å². The van der Waals surface area contributed by atoms with Crippen LogP contribution < -0.4 is 4.74 Å². The van der Waals surface area contributed by atoms with E-state index in [2.05, 4.69) is 53.7 Å². The van der Waals surface area contributed by atoms with Crippen LogP contribution in [-0.4, -0.2) is 17.7 Å². The molecule has 1 rings (SSSR count). The van der Waals surface area contributed by atoms with Crippen LogP contribution in [0.15, 0.2) is 18.2 Å². The second kappa shape index (κ2) is 5.86. The lowest BCUT2D eigenvalue weighted by molar-refractivity contribution is -0.137. The molecule has 1 aromatic rings. The molecular formula is C17H26O3. The molecule has 1 N–H and O–H groups in total. The summed E-state index contributed by atoms with van der Waals surface area (Å²) in [4.78, 5) is 10.6. The van der Waals surface area contributed by atoms with Gasteiger partial charge in [0.1, 0.15) is 5.75 Å². The molecule has 0 amide bonds. The van der Waals surface area contributed by atoms with E-state index in [4.69, 9.17) is 9.84 Å². The van der Waals surface area contributed by atoms with Crippen LogP contribution in [0, 0.1) is 0 Å². The summed E-state index contributed by atoms with van der Waals surface area (Å²) in [6, 6.07) is 6.20. The molecule has 112 valence electrons. The van der Waals surface area contributed by atoms with Crippen LogP contribution in [0.5, 0.6) is 5.75 Å². The van der Waals surface area contributed by atoms with Crippen molar-refractivity contribution in [1.82, 2.24) is 0 Å². The SMILES string of the molecule is CC(C)(C)c1ccc(OCCC(=O)O)c(C(C)(C)C)c1. The van der Waals surface area contributed by atoms with Gasteiger partial charge in [-0.3, -0.25) is 4.79 Å². The summed E-state index contributed by atoms with van der Waals surface area (Å²) in [6.07, 6.45) is 0.0185. The van der Waals surface area contributed by atoms with Gasteiger partial charge in [0.15, 0.2) is 0 Å². The van der Waals surface area contributed by atoms with Crippen molar-refractivity contribution in [3.05, 3.63) is 29.3 Å². The molecule has 3 nitrogen and oxygen atoms in total. The second-order valence-corrected chi connectivity index (χ2v) is 7.20. The van der Waals surface area contributed by atoms with E-state index < -0.39 is 5.97 Å². The van der Waals surface area contributed by atoms with E-state index in [1.165, 1.54) is 5.56 Å². The topological polar surface area (TPSA) is 46.5 Å². The summed E-state index contributed by atoms with van der Waals surface area (Å²) in [7, 11) is 0. The van der Waals surface area contributed by atoms with E-state index in [-0.39, 0.29) is 23.9 Å². The van der Waals surface area contributed by atoms with Gasteiger partial charge >= 0.3 is 5.97 Å². The van der Waals surface area contributed by atoms with Gasteiger partial charge in [-0.15, -0.1) is 0 Å². The van der Waals surface area contributed by atoms with Crippen LogP contribution >= 0.6 is 0 Å². The van der Waals surface area contributed by atoms with Crippen LogP contribution in [0.25, 0.3) is 0 Å². The Kier molecular flexibility index (Phi) is 4.85. The van der Waals surface area contributed by atoms with Gasteiger partial charge in [0.25, 0.3) is 0 Å². The van der Waals surface area contributed by atoms with Crippen molar-refractivity contribution >= 4 is 5.97 Å². The summed E-state index contributed by atoms with van der Waals surface area (Å²) >= 11 is 0. The highest BCUT2D eigenvalue weighted by Crippen LogP contribution is 2.35. The summed E-state index contributed by atoms with van der Waals surface area (Å²) in [5.74, 6) is -0.0552. The summed E-state index contributed by atoms with van der Waals surface area (Å²) in [5.41, 5.74) is 2.42. The minimum absolute atomic E-state index is 0.0185. The molecule has 0 fully saturated rings. The second-order valence-electron chi connectivity index (χ2n) is 7.20. The van der Waals surface area contributed by atoms with Gasteiger partial charge < -0.3 is 9.84 Å². The summed E-state index contributed by atoms with van der Waals surface area (Å²) in [6.45, 7) is 13.2. The van der Waals surface area contributed by atoms with Gasteiger partial charge in [-0.2, -0.15) is 0 Å². The Morgan fingerprint density at radius 2 is 1.70 bits per heavy atom. The number of ether oxygens (including phenoxy) is 1. The van der Waals surface area contributed by atoms with Gasteiger partial charge in [-0.25, -0.2) is 0 Å². The fourth-order valence-electron chi connectivity index (χ4n) is 1.96. The number of hydrogen-bond donors (Lipinski definition) is 1. The number of aliphatic carboxylic acids is 1. The van der Waals surface area contributed by atoms with Crippen molar-refractivity contribution in [2.45, 2.75) is 58.8 Å². The molecule has 0 saturated carbocycles. The molecule has 0 spiro atoms. The summed E-state index contributed by atoms with van der Waals surface area (Å²) in [5, 5.41) is 8.69. The molecule has 0 heterocycles. The maximum absolute atomic E-state index is 10.6. The van der Waals surface area contributed by atoms with Gasteiger partial charge in [-0.1, -0.05) is 53.7 Å². The van der Waals surface area contributed by atoms with Crippen LogP contribution in [-0.2, 0) is 15.6 Å². The van der Waals surface area contributed by atoms with Crippen molar-refractivity contribution in [1.29, 1.82) is 0 Å². The normalized spacial score (nSPS) is 12.3. The number of rotatable bonds is 4. The molecule has 0 aliphatic rings. The lowest BCUT2D eigenvalue weighted by Gasteiger charge is -2.27. The Hall–Kier alpha value is -1.51. The quantitative estimate of drug-likeness (QED) is 0.900. The molecule has 0 unspecified atom stereocenters. The molecule has 3 heteroatoms. The number of carboxylic acids is 1. The highest BCUT2D eigenvalue weighted by molar-refractivity contribution is 5.66. The van der Waals surface area contributed by atoms with E-state index in [1.807, 2.05) is 6.07 Å². The highest BCUT2D eigenvalue weighted by Gasteiger charge is 2.23. The fourth-order valence-corrected chi connectivity index (χ4v) is 1.96. The Balaban J connectivity index is 3.08. The first kappa shape index (κ1) is 16.5. The lowest BCUT2D eigenvalue weighted by Crippen LogP contribution is -2.18. The van der Waals surface area contributed by atoms with Crippen molar-refractivity contribution < 1.29 is 14.6 Å². The smallest absolute Gasteiger partial charge is 0.306 e. The number of carboxylic acid groups (broad SMARTS) is 1. The Bertz CT molecular complexity index is 476. The number of hydrogen-bond acceptors (Lipinski definition) is 2. The zero-order valence-corrected chi connectivity index (χ0v) is 13.4. The third-order valence-electron chi connectivity index (χ3n) is 3.23. The van der Waals surface area contributed by atoms with Gasteiger partial charge in [0.05, 0.1) is 13.0 Å². The predicted molar refractivity (Wildman–Crippen MR) is 81.6 cm³/mol. The number of carbonyl (C=O) groups is 1. The largest absolute Gasteiger partial charge is 0.493 e. The zero-order chi connectivity index (χ0) is 15.6. The number of benzene rings is 1. The molecule has 0 aliphatic carbocycles. The molecule has 0 aliphatic heterocycles. The van der Waals surface area contributed by atoms with Gasteiger partial charge in [-0.05, 0) is 28.0 Å². The average Bonchev–Trinajstić information content (AvgIpc) is 2.25. The Morgan fingerprint density at radius 3 is 2.15 bits per heavy atom. The van der Waals surface area contributed by atoms with Crippen molar-refractivity contribution in [3.63, 3.8) is 0 Å². The first-order valence-electron chi connectivity index (χ1n) is 7.01. The van der Waals surface area contributed by atoms with Crippen LogP contribution in [0.2, 0.25) is 0 Å². The minimum Gasteiger partial charge on any atom is -0.493 e. The molecule has 0 aromatic heterocycles. The van der Waals surface area contributed by atoms with Crippen molar-refractivity contribution in [2.75, 3.05) is 6.61 Å². The molecule has 20 heavy (non-hydrogen) atoms. The van der Waals surface area contributed by atoms with Crippen LogP contribution in [0.1, 0.15) is 59.1 Å². The Labute approximate surface area is 122 Å². The third kappa shape index (κ3) is 4.55. The molecule has 1 aromatic carbocycles. The molecule has 0 saturated heterocycles. The lowest BCUT2D eigenvalue weighted by atomic mass is 9.80. The maximum Gasteiger partial charge on any atom is 0.306 e. The predicted octanol–water partition coefficient (Wildman–Crippen LogP) is 4.14. The van der Waals surface area contributed by atoms with Crippen molar-refractivity contribution in [2.24, 2.45) is 0 Å². The minimum atomic E-state index is -0.839. The van der Waals surface area contributed by atoms with Gasteiger partial charge in [0, 0.05) is 0 Å². The monoisotopic (exact) mass is 278 g/mol. The first-order valence-corrected chi connectivity index (χ1v) is 7.01. The fraction of sp³-hybridized carbons (Fsp3) is 0.588. The molecular weight excluding hydrogens is 252 g/mol. The van der Waals surface area contributed by atoms with Crippen LogP contribution in [0.4, 0.5) is 0 Å². The summed E-state index contributed by atoms with van der Waals surface area (Å²) < 4.78 is 5.66. The van der Waals surface area contributed by atoms with Crippen LogP contribution in [0.3, 0.4) is 0 Å². The van der Waals surface area contributed by atoms with E-state index >= 15 is 0 Å². The van der Waals surface area contributed by atoms with Crippen molar-refractivity contribution in [3.8, 4) is 5.75 Å². The maximum atomic E-state index is 10.6. The van der Waals surface area contributed by atoms with Gasteiger partial charge in [0.2, 0.25) is 0 Å². The first-order chi connectivity index (χ1) is 9.01. The van der Waals surface area contributed by atoms with E-state index in [9.17, 15) is 4.79 Å². The van der Waals surface area contributed by atoms with E-state index in [1.54, 1.807) is 0 Å². The Morgan fingerprint density at radius 1 is 1.10 bits per heavy atom. The standard InChI is InChI=1S/C17H26O3/c1-16(2,3)12-7-8-14(20-10-9-15(18)19)13(11-12)17(4,5)6/h7-8,11H,9-10H2,1-6H3,(H,18,19). The molecule has 0 radical (unpaired) electrons. The molecule has 0 bridgehead atoms. The zero-order valence-electron chi connectivity index (χ0n) is 13.4. The molecule has 0 atom stereocenters. The van der Waals surface area contributed by atoms with E-state index in [0.29, 0.717) is 0 Å². The highest BCUT2D eigenvalue weighted by atomic mass is 16.5. The third-order valence-corrected chi connectivity index (χ3v) is 3.23. The average molecular weight is 278 g/mol.